The Morgan fingerprint density at radius 3 is 2.81 bits per heavy atom. The van der Waals surface area contributed by atoms with E-state index in [0.29, 0.717) is 22.7 Å². The second-order valence-electron chi connectivity index (χ2n) is 5.88. The summed E-state index contributed by atoms with van der Waals surface area (Å²) in [7, 11) is 0. The van der Waals surface area contributed by atoms with E-state index in [0.717, 1.165) is 0 Å². The van der Waals surface area contributed by atoms with Gasteiger partial charge < -0.3 is 15.8 Å². The third-order valence-electron chi connectivity index (χ3n) is 3.75. The third-order valence-corrected chi connectivity index (χ3v) is 3.75. The van der Waals surface area contributed by atoms with Crippen LogP contribution in [0.15, 0.2) is 53.5 Å². The first kappa shape index (κ1) is 17.1. The van der Waals surface area contributed by atoms with Crippen LogP contribution in [0.5, 0.6) is 0 Å². The number of anilines is 1. The fraction of sp³-hybridized carbons (Fsp3) is 0.167. The summed E-state index contributed by atoms with van der Waals surface area (Å²) in [5.74, 6) is 0.233. The number of allylic oxidation sites excluding steroid dienone is 1. The summed E-state index contributed by atoms with van der Waals surface area (Å²) in [6.07, 6.45) is 4.73. The van der Waals surface area contributed by atoms with Crippen LogP contribution in [0.1, 0.15) is 35.6 Å². The molecule has 2 aromatic rings. The number of pyridine rings is 2. The molecule has 8 nitrogen and oxygen atoms in total. The fourth-order valence-electron chi connectivity index (χ4n) is 2.58. The van der Waals surface area contributed by atoms with Gasteiger partial charge in [0, 0.05) is 18.1 Å². The molecule has 0 bridgehead atoms. The lowest BCUT2D eigenvalue weighted by molar-refractivity contribution is 0.102. The number of carbonyl (C=O) groups is 1. The van der Waals surface area contributed by atoms with Gasteiger partial charge in [0.25, 0.3) is 11.9 Å². The van der Waals surface area contributed by atoms with Gasteiger partial charge >= 0.3 is 0 Å². The average molecular weight is 348 g/mol. The number of aromatic nitrogens is 2. The number of nitriles is 1. The predicted molar refractivity (Wildman–Crippen MR) is 95.0 cm³/mol. The molecule has 0 spiro atoms. The smallest absolute Gasteiger partial charge is 0.288 e. The van der Waals surface area contributed by atoms with Crippen molar-refractivity contribution in [3.05, 3.63) is 65.4 Å². The molecule has 3 rings (SSSR count). The molecule has 2 aromatic heterocycles. The minimum atomic E-state index is -0.792. The van der Waals surface area contributed by atoms with Crippen LogP contribution < -0.4 is 11.1 Å². The van der Waals surface area contributed by atoms with Crippen molar-refractivity contribution in [1.29, 1.82) is 5.26 Å². The van der Waals surface area contributed by atoms with Gasteiger partial charge in [-0.3, -0.25) is 9.78 Å². The molecule has 130 valence electrons. The van der Waals surface area contributed by atoms with Crippen LogP contribution in [0, 0.1) is 11.3 Å². The quantitative estimate of drug-likeness (QED) is 0.874. The zero-order valence-electron chi connectivity index (χ0n) is 14.2. The highest BCUT2D eigenvalue weighted by Crippen LogP contribution is 2.31. The topological polar surface area (TPSA) is 126 Å². The van der Waals surface area contributed by atoms with Crippen LogP contribution in [0.4, 0.5) is 5.69 Å². The van der Waals surface area contributed by atoms with Gasteiger partial charge in [0.05, 0.1) is 11.3 Å². The van der Waals surface area contributed by atoms with Crippen LogP contribution in [-0.2, 0) is 10.3 Å². The van der Waals surface area contributed by atoms with Gasteiger partial charge in [-0.2, -0.15) is 5.26 Å². The van der Waals surface area contributed by atoms with E-state index in [9.17, 15) is 4.79 Å². The Morgan fingerprint density at radius 2 is 2.15 bits per heavy atom. The highest BCUT2D eigenvalue weighted by atomic mass is 16.5. The molecular formula is C18H16N6O2. The lowest BCUT2D eigenvalue weighted by atomic mass is 9.96. The molecule has 3 N–H and O–H groups in total. The Labute approximate surface area is 150 Å². The molecule has 0 aromatic carbocycles. The van der Waals surface area contributed by atoms with Crippen molar-refractivity contribution in [2.45, 2.75) is 19.4 Å². The number of amides is 1. The third kappa shape index (κ3) is 3.52. The molecular weight excluding hydrogens is 332 g/mol. The molecule has 1 aliphatic rings. The maximum Gasteiger partial charge on any atom is 0.288 e. The maximum absolute atomic E-state index is 12.3. The average Bonchev–Trinajstić information content (AvgIpc) is 2.61. The minimum absolute atomic E-state index is 0.0607. The van der Waals surface area contributed by atoms with Gasteiger partial charge in [0.15, 0.2) is 0 Å². The number of ether oxygens (including phenoxy) is 1. The van der Waals surface area contributed by atoms with Crippen molar-refractivity contribution in [2.75, 3.05) is 5.32 Å². The number of hydrogen-bond donors (Lipinski definition) is 2. The standard InChI is InChI=1S/C18H16N6O2/c1-11-8-18(2,24-17(20)26-11)15-7-13(5-6-21-15)23-16(25)14-4-3-12(9-19)10-22-14/h3-8,10H,1-2H3,(H2,20,24)(H,21,23,25)/t18-/m0/s1. The minimum Gasteiger partial charge on any atom is -0.431 e. The van der Waals surface area contributed by atoms with E-state index in [4.69, 9.17) is 15.7 Å². The van der Waals surface area contributed by atoms with Crippen LogP contribution in [-0.4, -0.2) is 21.9 Å². The Hall–Kier alpha value is -3.73. The number of nitrogens with one attached hydrogen (secondary N) is 1. The second kappa shape index (κ2) is 6.64. The summed E-state index contributed by atoms with van der Waals surface area (Å²) in [5, 5.41) is 11.5. The molecule has 26 heavy (non-hydrogen) atoms. The predicted octanol–water partition coefficient (Wildman–Crippen LogP) is 2.06. The number of rotatable bonds is 3. The fourth-order valence-corrected chi connectivity index (χ4v) is 2.58. The van der Waals surface area contributed by atoms with E-state index in [1.807, 2.05) is 13.0 Å². The number of nitrogens with zero attached hydrogens (tertiary/aromatic N) is 4. The first-order valence-electron chi connectivity index (χ1n) is 7.76. The summed E-state index contributed by atoms with van der Waals surface area (Å²) < 4.78 is 5.23. The first-order chi connectivity index (χ1) is 12.4. The maximum atomic E-state index is 12.3. The summed E-state index contributed by atoms with van der Waals surface area (Å²) in [6, 6.07) is 8.43. The van der Waals surface area contributed by atoms with Crippen molar-refractivity contribution in [2.24, 2.45) is 10.7 Å². The van der Waals surface area contributed by atoms with Gasteiger partial charge in [-0.15, -0.1) is 0 Å². The van der Waals surface area contributed by atoms with E-state index in [1.54, 1.807) is 31.3 Å². The molecule has 1 amide bonds. The summed E-state index contributed by atoms with van der Waals surface area (Å²) in [4.78, 5) is 25.0. The molecule has 0 aliphatic carbocycles. The molecule has 0 saturated carbocycles. The first-order valence-corrected chi connectivity index (χ1v) is 7.76. The number of hydrogen-bond acceptors (Lipinski definition) is 7. The summed E-state index contributed by atoms with van der Waals surface area (Å²) in [6.45, 7) is 3.63. The van der Waals surface area contributed by atoms with Gasteiger partial charge in [-0.25, -0.2) is 9.98 Å². The molecule has 1 atom stereocenters. The zero-order chi connectivity index (χ0) is 18.7. The Bertz CT molecular complexity index is 938. The van der Waals surface area contributed by atoms with Crippen LogP contribution >= 0.6 is 0 Å². The molecule has 1 aliphatic heterocycles. The van der Waals surface area contributed by atoms with E-state index in [2.05, 4.69) is 20.3 Å². The SMILES string of the molecule is CC1=C[C@@](C)(c2cc(NC(=O)c3ccc(C#N)cn3)ccn2)N=C(N)O1. The van der Waals surface area contributed by atoms with Crippen molar-refractivity contribution >= 4 is 17.6 Å². The normalized spacial score (nSPS) is 18.8. The van der Waals surface area contributed by atoms with Gasteiger partial charge in [-0.05, 0) is 44.2 Å². The monoisotopic (exact) mass is 348 g/mol. The van der Waals surface area contributed by atoms with Crippen LogP contribution in [0.25, 0.3) is 0 Å². The molecule has 8 heteroatoms. The largest absolute Gasteiger partial charge is 0.431 e. The molecule has 0 saturated heterocycles. The molecule has 0 radical (unpaired) electrons. The van der Waals surface area contributed by atoms with E-state index >= 15 is 0 Å². The van der Waals surface area contributed by atoms with E-state index in [1.165, 1.54) is 18.3 Å². The lowest BCUT2D eigenvalue weighted by Gasteiger charge is -2.26. The number of aliphatic imine (C=N–C) groups is 1. The number of nitrogens with two attached hydrogens (primary N) is 1. The van der Waals surface area contributed by atoms with Crippen LogP contribution in [0.2, 0.25) is 0 Å². The Balaban J connectivity index is 1.84. The molecule has 0 unspecified atom stereocenters. The second-order valence-corrected chi connectivity index (χ2v) is 5.88. The van der Waals surface area contributed by atoms with Gasteiger partial charge in [0.1, 0.15) is 23.1 Å². The van der Waals surface area contributed by atoms with Crippen molar-refractivity contribution < 1.29 is 9.53 Å². The van der Waals surface area contributed by atoms with E-state index in [-0.39, 0.29) is 11.7 Å². The lowest BCUT2D eigenvalue weighted by Crippen LogP contribution is -2.30. The van der Waals surface area contributed by atoms with Crippen LogP contribution in [0.3, 0.4) is 0 Å². The highest BCUT2D eigenvalue weighted by Gasteiger charge is 2.30. The van der Waals surface area contributed by atoms with E-state index < -0.39 is 11.4 Å². The van der Waals surface area contributed by atoms with Crippen molar-refractivity contribution in [3.8, 4) is 6.07 Å². The summed E-state index contributed by atoms with van der Waals surface area (Å²) >= 11 is 0. The highest BCUT2D eigenvalue weighted by molar-refractivity contribution is 6.02. The number of carbonyl (C=O) groups excluding carboxylic acids is 1. The Morgan fingerprint density at radius 1 is 1.35 bits per heavy atom. The zero-order valence-corrected chi connectivity index (χ0v) is 14.2. The molecule has 3 heterocycles. The van der Waals surface area contributed by atoms with Crippen molar-refractivity contribution in [1.82, 2.24) is 9.97 Å². The molecule has 0 fully saturated rings. The Kier molecular flexibility index (Phi) is 4.37. The van der Waals surface area contributed by atoms with Crippen molar-refractivity contribution in [3.63, 3.8) is 0 Å². The van der Waals surface area contributed by atoms with Gasteiger partial charge in [-0.1, -0.05) is 0 Å². The van der Waals surface area contributed by atoms with Gasteiger partial charge in [0.2, 0.25) is 0 Å². The number of amidine groups is 1. The summed E-state index contributed by atoms with van der Waals surface area (Å²) in [5.41, 5.74) is 6.66.